The molecule has 3 amide bonds. The van der Waals surface area contributed by atoms with Crippen LogP contribution in [-0.4, -0.2) is 66.7 Å². The Morgan fingerprint density at radius 2 is 1.90 bits per heavy atom. The first kappa shape index (κ1) is 34.0. The second kappa shape index (κ2) is 16.3. The molecule has 2 rings (SSSR count). The lowest BCUT2D eigenvalue weighted by molar-refractivity contribution is -0.164. The minimum absolute atomic E-state index is 0.0264. The summed E-state index contributed by atoms with van der Waals surface area (Å²) in [6.45, 7) is 9.65. The lowest BCUT2D eigenvalue weighted by Gasteiger charge is -2.30. The predicted octanol–water partition coefficient (Wildman–Crippen LogP) is 3.59. The van der Waals surface area contributed by atoms with Crippen LogP contribution in [0.15, 0.2) is 5.38 Å². The summed E-state index contributed by atoms with van der Waals surface area (Å²) < 4.78 is 15.6. The first-order chi connectivity index (χ1) is 19.3. The number of carbonyl (C=O) groups excluding carboxylic acids is 5. The van der Waals surface area contributed by atoms with Crippen molar-refractivity contribution in [1.82, 2.24) is 15.6 Å². The fraction of sp³-hybridized carbons (Fsp3) is 0.714. The van der Waals surface area contributed by atoms with Gasteiger partial charge in [0, 0.05) is 11.9 Å². The number of thiazole rings is 1. The largest absolute Gasteiger partial charge is 0.469 e. The average Bonchev–Trinajstić information content (AvgIpc) is 3.30. The predicted molar refractivity (Wildman–Crippen MR) is 153 cm³/mol. The Balaban J connectivity index is 2.32. The van der Waals surface area contributed by atoms with Gasteiger partial charge in [-0.2, -0.15) is 0 Å². The molecule has 12 nitrogen and oxygen atoms in total. The maximum Gasteiger partial charge on any atom is 0.407 e. The number of nitrogens with one attached hydrogen (secondary N) is 3. The van der Waals surface area contributed by atoms with Gasteiger partial charge >= 0.3 is 18.0 Å². The lowest BCUT2D eigenvalue weighted by Crippen LogP contribution is -2.49. The van der Waals surface area contributed by atoms with Crippen molar-refractivity contribution in [3.05, 3.63) is 11.1 Å². The number of methoxy groups -OCH3 is 1. The van der Waals surface area contributed by atoms with Gasteiger partial charge < -0.3 is 30.2 Å². The molecule has 230 valence electrons. The maximum absolute atomic E-state index is 13.8. The molecular weight excluding hydrogens is 552 g/mol. The van der Waals surface area contributed by atoms with Crippen molar-refractivity contribution in [3.8, 4) is 0 Å². The number of alkyl carbamates (subject to hydrolysis) is 1. The van der Waals surface area contributed by atoms with Crippen molar-refractivity contribution in [3.63, 3.8) is 0 Å². The molecule has 41 heavy (non-hydrogen) atoms. The normalized spacial score (nSPS) is 21.4. The Labute approximate surface area is 245 Å². The Bertz CT molecular complexity index is 1050. The molecule has 1 aromatic rings. The van der Waals surface area contributed by atoms with Crippen molar-refractivity contribution in [2.45, 2.75) is 91.2 Å². The van der Waals surface area contributed by atoms with E-state index in [0.717, 1.165) is 11.3 Å². The monoisotopic (exact) mass is 596 g/mol. The smallest absolute Gasteiger partial charge is 0.407 e. The zero-order valence-corrected chi connectivity index (χ0v) is 25.7. The quantitative estimate of drug-likeness (QED) is 0.315. The van der Waals surface area contributed by atoms with Gasteiger partial charge in [0.1, 0.15) is 11.6 Å². The number of cyclic esters (lactones) is 1. The van der Waals surface area contributed by atoms with Crippen LogP contribution in [0.4, 0.5) is 9.93 Å². The highest BCUT2D eigenvalue weighted by atomic mass is 32.1. The number of nitrogens with zero attached hydrogens (tertiary/aromatic N) is 1. The molecule has 0 unspecified atom stereocenters. The van der Waals surface area contributed by atoms with Crippen LogP contribution in [-0.2, 0) is 39.8 Å². The molecule has 13 heteroatoms. The Kier molecular flexibility index (Phi) is 13.5. The van der Waals surface area contributed by atoms with Crippen molar-refractivity contribution < 1.29 is 38.2 Å². The average molecular weight is 597 g/mol. The second-order valence-corrected chi connectivity index (χ2v) is 12.4. The van der Waals surface area contributed by atoms with Gasteiger partial charge in [0.25, 0.3) is 0 Å². The van der Waals surface area contributed by atoms with Crippen molar-refractivity contribution in [2.24, 2.45) is 17.8 Å². The zero-order valence-electron chi connectivity index (χ0n) is 24.9. The van der Waals surface area contributed by atoms with Gasteiger partial charge in [0.2, 0.25) is 11.8 Å². The molecule has 1 aromatic heterocycles. The number of esters is 2. The number of hydrogen-bond donors (Lipinski definition) is 3. The highest BCUT2D eigenvalue weighted by Crippen LogP contribution is 2.29. The van der Waals surface area contributed by atoms with E-state index in [2.05, 4.69) is 25.7 Å². The third kappa shape index (κ3) is 12.4. The lowest BCUT2D eigenvalue weighted by atomic mass is 9.81. The molecule has 1 saturated heterocycles. The van der Waals surface area contributed by atoms with Crippen molar-refractivity contribution >= 4 is 46.3 Å². The molecule has 3 atom stereocenters. The van der Waals surface area contributed by atoms with E-state index >= 15 is 0 Å². The molecule has 1 fully saturated rings. The first-order valence-electron chi connectivity index (χ1n) is 14.0. The molecule has 1 aliphatic heterocycles. The molecule has 0 bridgehead atoms. The van der Waals surface area contributed by atoms with Gasteiger partial charge in [-0.05, 0) is 65.2 Å². The number of anilines is 1. The molecule has 2 heterocycles. The molecular formula is C28H44N4O8S. The molecule has 1 aliphatic rings. The number of hydrogen-bond acceptors (Lipinski definition) is 10. The van der Waals surface area contributed by atoms with Gasteiger partial charge in [-0.1, -0.05) is 13.8 Å². The molecule has 0 spiro atoms. The summed E-state index contributed by atoms with van der Waals surface area (Å²) >= 11 is 1.16. The Morgan fingerprint density at radius 3 is 2.56 bits per heavy atom. The molecule has 0 saturated carbocycles. The van der Waals surface area contributed by atoms with Crippen molar-refractivity contribution in [1.29, 1.82) is 0 Å². The van der Waals surface area contributed by atoms with Crippen LogP contribution in [0.1, 0.15) is 78.8 Å². The fourth-order valence-electron chi connectivity index (χ4n) is 4.41. The molecule has 0 aliphatic carbocycles. The Hall–Kier alpha value is -3.22. The van der Waals surface area contributed by atoms with E-state index in [0.29, 0.717) is 44.3 Å². The van der Waals surface area contributed by atoms with Crippen LogP contribution < -0.4 is 16.0 Å². The van der Waals surface area contributed by atoms with Gasteiger partial charge in [0.15, 0.2) is 5.13 Å². The van der Waals surface area contributed by atoms with E-state index in [1.807, 2.05) is 13.8 Å². The number of carbonyl (C=O) groups is 5. The highest BCUT2D eigenvalue weighted by Gasteiger charge is 2.38. The number of aromatic nitrogens is 1. The second-order valence-electron chi connectivity index (χ2n) is 11.5. The number of rotatable bonds is 7. The summed E-state index contributed by atoms with van der Waals surface area (Å²) in [7, 11) is 1.29. The topological polar surface area (TPSA) is 162 Å². The number of ether oxygens (including phenoxy) is 3. The van der Waals surface area contributed by atoms with E-state index < -0.39 is 53.3 Å². The minimum Gasteiger partial charge on any atom is -0.469 e. The maximum atomic E-state index is 13.8. The standard InChI is InChI=1S/C28H44N4O8S/c1-17(2)14-20-19(25(36)40-28(3,4)5)10-9-13-39-27(37)29-12-8-7-11-21(31-23(20)34)24(35)32-26-30-18(16-41-26)15-22(33)38-6/h16-17,19-21H,7-15H2,1-6H3,(H,29,37)(H,31,34)(H,30,32,35)/t19-,20+,21-/m0/s1. The van der Waals surface area contributed by atoms with Crippen LogP contribution in [0, 0.1) is 17.8 Å². The van der Waals surface area contributed by atoms with E-state index in [9.17, 15) is 24.0 Å². The van der Waals surface area contributed by atoms with Gasteiger partial charge in [-0.15, -0.1) is 11.3 Å². The van der Waals surface area contributed by atoms with Crippen LogP contribution in [0.3, 0.4) is 0 Å². The van der Waals surface area contributed by atoms with E-state index in [-0.39, 0.29) is 30.5 Å². The van der Waals surface area contributed by atoms with Gasteiger partial charge in [-0.3, -0.25) is 19.2 Å². The SMILES string of the molecule is COC(=O)Cc1csc(NC(=O)[C@@H]2CCCCNC(=O)OCCC[C@H](C(=O)OC(C)(C)C)[C@@H](CC(C)C)C(=O)N2)n1. The van der Waals surface area contributed by atoms with E-state index in [4.69, 9.17) is 9.47 Å². The summed E-state index contributed by atoms with van der Waals surface area (Å²) in [5.41, 5.74) is -0.301. The van der Waals surface area contributed by atoms with Crippen LogP contribution in [0.25, 0.3) is 0 Å². The first-order valence-corrected chi connectivity index (χ1v) is 14.9. The Morgan fingerprint density at radius 1 is 1.17 bits per heavy atom. The summed E-state index contributed by atoms with van der Waals surface area (Å²) in [5.74, 6) is -3.31. The zero-order chi connectivity index (χ0) is 30.6. The highest BCUT2D eigenvalue weighted by molar-refractivity contribution is 7.13. The molecule has 0 aromatic carbocycles. The number of amides is 3. The van der Waals surface area contributed by atoms with Gasteiger partial charge in [0.05, 0.1) is 37.7 Å². The third-order valence-electron chi connectivity index (χ3n) is 6.31. The van der Waals surface area contributed by atoms with Crippen LogP contribution in [0.5, 0.6) is 0 Å². The summed E-state index contributed by atoms with van der Waals surface area (Å²) in [6, 6.07) is -0.915. The van der Waals surface area contributed by atoms with Crippen LogP contribution in [0.2, 0.25) is 0 Å². The fourth-order valence-corrected chi connectivity index (χ4v) is 5.12. The minimum atomic E-state index is -0.915. The van der Waals surface area contributed by atoms with E-state index in [1.165, 1.54) is 7.11 Å². The van der Waals surface area contributed by atoms with Gasteiger partial charge in [-0.25, -0.2) is 9.78 Å². The third-order valence-corrected chi connectivity index (χ3v) is 7.11. The molecule has 0 radical (unpaired) electrons. The summed E-state index contributed by atoms with van der Waals surface area (Å²) in [6.07, 6.45) is 1.82. The summed E-state index contributed by atoms with van der Waals surface area (Å²) in [5, 5.41) is 10.2. The summed E-state index contributed by atoms with van der Waals surface area (Å²) in [4.78, 5) is 68.4. The van der Waals surface area contributed by atoms with Crippen LogP contribution >= 0.6 is 11.3 Å². The van der Waals surface area contributed by atoms with Crippen molar-refractivity contribution in [2.75, 3.05) is 25.6 Å². The van der Waals surface area contributed by atoms with E-state index in [1.54, 1.807) is 26.2 Å². The molecule has 3 N–H and O–H groups in total.